The van der Waals surface area contributed by atoms with Crippen LogP contribution in [0.4, 0.5) is 5.69 Å². The number of nitrogens with one attached hydrogen (secondary N) is 2. The molecule has 0 radical (unpaired) electrons. The third kappa shape index (κ3) is 6.19. The molecule has 1 aromatic rings. The molecular formula is C21H26N2O9. The molecule has 32 heavy (non-hydrogen) atoms. The zero-order valence-electron chi connectivity index (χ0n) is 18.0. The van der Waals surface area contributed by atoms with Crippen molar-refractivity contribution in [2.24, 2.45) is 0 Å². The van der Waals surface area contributed by atoms with Crippen LogP contribution in [0, 0.1) is 0 Å². The van der Waals surface area contributed by atoms with Gasteiger partial charge in [0.15, 0.2) is 11.8 Å². The molecule has 2 rings (SSSR count). The molecule has 11 heteroatoms. The number of benzene rings is 1. The summed E-state index contributed by atoms with van der Waals surface area (Å²) in [5, 5.41) is 14.8. The van der Waals surface area contributed by atoms with E-state index >= 15 is 0 Å². The van der Waals surface area contributed by atoms with Crippen LogP contribution in [0.3, 0.4) is 0 Å². The largest absolute Gasteiger partial charge is 0.505 e. The van der Waals surface area contributed by atoms with Gasteiger partial charge in [-0.1, -0.05) is 13.0 Å². The third-order valence-electron chi connectivity index (χ3n) is 4.75. The van der Waals surface area contributed by atoms with Crippen LogP contribution in [0.25, 0.3) is 0 Å². The van der Waals surface area contributed by atoms with E-state index in [0.29, 0.717) is 12.8 Å². The zero-order chi connectivity index (χ0) is 23.8. The minimum absolute atomic E-state index is 0.00507. The number of aromatic hydroxyl groups is 1. The maximum Gasteiger partial charge on any atom is 0.332 e. The number of hydrogen-bond acceptors (Lipinski definition) is 9. The second kappa shape index (κ2) is 11.1. The maximum atomic E-state index is 12.7. The predicted octanol–water partition coefficient (Wildman–Crippen LogP) is 1.04. The van der Waals surface area contributed by atoms with E-state index in [0.717, 1.165) is 0 Å². The first-order chi connectivity index (χ1) is 15.2. The van der Waals surface area contributed by atoms with Gasteiger partial charge in [-0.15, -0.1) is 0 Å². The van der Waals surface area contributed by atoms with Crippen LogP contribution in [0.15, 0.2) is 18.2 Å². The Kier molecular flexibility index (Phi) is 8.56. The fourth-order valence-electron chi connectivity index (χ4n) is 3.05. The first-order valence-electron chi connectivity index (χ1n) is 10.1. The summed E-state index contributed by atoms with van der Waals surface area (Å²) in [7, 11) is 0. The topological polar surface area (TPSA) is 157 Å². The van der Waals surface area contributed by atoms with Crippen LogP contribution >= 0.6 is 0 Å². The number of carbonyl (C=O) groups excluding carboxylic acids is 5. The Labute approximate surface area is 184 Å². The average Bonchev–Trinajstić information content (AvgIpc) is 2.75. The first-order valence-corrected chi connectivity index (χ1v) is 10.1. The Morgan fingerprint density at radius 3 is 2.59 bits per heavy atom. The first kappa shape index (κ1) is 24.6. The molecule has 3 N–H and O–H groups in total. The molecule has 0 unspecified atom stereocenters. The van der Waals surface area contributed by atoms with Crippen molar-refractivity contribution in [1.29, 1.82) is 0 Å². The summed E-state index contributed by atoms with van der Waals surface area (Å²) < 4.78 is 15.8. The van der Waals surface area contributed by atoms with Crippen molar-refractivity contribution < 1.29 is 43.3 Å². The lowest BCUT2D eigenvalue weighted by molar-refractivity contribution is -0.168. The molecule has 1 aromatic carbocycles. The summed E-state index contributed by atoms with van der Waals surface area (Å²) >= 11 is 0. The molecule has 1 aliphatic rings. The number of hydrogen-bond donors (Lipinski definition) is 3. The molecule has 4 atom stereocenters. The molecule has 0 spiro atoms. The summed E-state index contributed by atoms with van der Waals surface area (Å²) in [5.41, 5.74) is -0.225. The van der Waals surface area contributed by atoms with Crippen molar-refractivity contribution in [2.75, 3.05) is 5.32 Å². The molecule has 1 fully saturated rings. The Bertz CT molecular complexity index is 886. The molecule has 0 bridgehead atoms. The molecular weight excluding hydrogens is 424 g/mol. The number of amides is 2. The van der Waals surface area contributed by atoms with Crippen molar-refractivity contribution in [3.8, 4) is 5.75 Å². The van der Waals surface area contributed by atoms with E-state index in [2.05, 4.69) is 10.6 Å². The van der Waals surface area contributed by atoms with Crippen molar-refractivity contribution in [3.05, 3.63) is 23.8 Å². The van der Waals surface area contributed by atoms with Gasteiger partial charge < -0.3 is 30.0 Å². The molecule has 1 saturated heterocycles. The minimum atomic E-state index is -1.40. The van der Waals surface area contributed by atoms with Gasteiger partial charge in [0.05, 0.1) is 17.7 Å². The van der Waals surface area contributed by atoms with E-state index in [-0.39, 0.29) is 24.1 Å². The molecule has 11 nitrogen and oxygen atoms in total. The highest BCUT2D eigenvalue weighted by atomic mass is 16.6. The van der Waals surface area contributed by atoms with Crippen LogP contribution in [-0.2, 0) is 33.4 Å². The van der Waals surface area contributed by atoms with E-state index in [1.165, 1.54) is 32.0 Å². The highest BCUT2D eigenvalue weighted by molar-refractivity contribution is 6.01. The molecule has 0 aliphatic carbocycles. The summed E-state index contributed by atoms with van der Waals surface area (Å²) in [5.74, 6) is -3.55. The molecule has 1 heterocycles. The lowest BCUT2D eigenvalue weighted by Gasteiger charge is -2.24. The quantitative estimate of drug-likeness (QED) is 0.239. The van der Waals surface area contributed by atoms with Gasteiger partial charge in [0.25, 0.3) is 5.91 Å². The number of phenolic OH excluding ortho intramolecular Hbond substituents is 1. The minimum Gasteiger partial charge on any atom is -0.505 e. The molecule has 1 aliphatic heterocycles. The van der Waals surface area contributed by atoms with Gasteiger partial charge in [-0.2, -0.15) is 0 Å². The van der Waals surface area contributed by atoms with Crippen LogP contribution in [0.2, 0.25) is 0 Å². The molecule has 0 saturated carbocycles. The number of phenols is 1. The van der Waals surface area contributed by atoms with E-state index in [4.69, 9.17) is 14.2 Å². The summed E-state index contributed by atoms with van der Waals surface area (Å²) in [6.07, 6.45) is -2.44. The monoisotopic (exact) mass is 450 g/mol. The summed E-state index contributed by atoms with van der Waals surface area (Å²) in [6.45, 7) is 4.65. The lowest BCUT2D eigenvalue weighted by Crippen LogP contribution is -2.50. The third-order valence-corrected chi connectivity index (χ3v) is 4.75. The van der Waals surface area contributed by atoms with Crippen LogP contribution in [0.5, 0.6) is 5.75 Å². The van der Waals surface area contributed by atoms with Crippen LogP contribution in [0.1, 0.15) is 50.4 Å². The van der Waals surface area contributed by atoms with Gasteiger partial charge in [0.1, 0.15) is 18.3 Å². The van der Waals surface area contributed by atoms with Gasteiger partial charge >= 0.3 is 17.9 Å². The Morgan fingerprint density at radius 2 is 1.94 bits per heavy atom. The number of ether oxygens (including phenoxy) is 3. The number of para-hydroxylation sites is 1. The summed E-state index contributed by atoms with van der Waals surface area (Å²) in [6, 6.07) is 2.67. The fraction of sp³-hybridized carbons (Fsp3) is 0.476. The predicted molar refractivity (Wildman–Crippen MR) is 110 cm³/mol. The average molecular weight is 450 g/mol. The molecule has 2 amide bonds. The van der Waals surface area contributed by atoms with Gasteiger partial charge in [-0.05, 0) is 32.4 Å². The van der Waals surface area contributed by atoms with E-state index in [1.807, 2.05) is 0 Å². The molecule has 0 aromatic heterocycles. The second-order valence-corrected chi connectivity index (χ2v) is 7.23. The molecule has 174 valence electrons. The van der Waals surface area contributed by atoms with Crippen molar-refractivity contribution in [2.45, 2.75) is 64.4 Å². The van der Waals surface area contributed by atoms with Crippen LogP contribution in [-0.4, -0.2) is 59.7 Å². The summed E-state index contributed by atoms with van der Waals surface area (Å²) in [4.78, 5) is 60.2. The number of esters is 3. The highest BCUT2D eigenvalue weighted by Gasteiger charge is 2.38. The zero-order valence-corrected chi connectivity index (χ0v) is 18.0. The maximum absolute atomic E-state index is 12.7. The SMILES string of the molecule is CCCC(=O)O[C@@H]1CC(=O)O[C@H](C)[C@H](NC(=O)c2cccc(NC=O)c2O)C(=O)O[C@H]1C. The number of rotatable bonds is 7. The van der Waals surface area contributed by atoms with Crippen molar-refractivity contribution >= 4 is 35.9 Å². The second-order valence-electron chi connectivity index (χ2n) is 7.23. The van der Waals surface area contributed by atoms with Gasteiger partial charge in [0.2, 0.25) is 6.41 Å². The Balaban J connectivity index is 2.22. The van der Waals surface area contributed by atoms with Gasteiger partial charge in [-0.25, -0.2) is 4.79 Å². The Hall–Kier alpha value is -3.63. The number of anilines is 1. The van der Waals surface area contributed by atoms with Gasteiger partial charge in [-0.3, -0.25) is 19.2 Å². The van der Waals surface area contributed by atoms with Crippen LogP contribution < -0.4 is 10.6 Å². The lowest BCUT2D eigenvalue weighted by atomic mass is 10.1. The van der Waals surface area contributed by atoms with Crippen molar-refractivity contribution in [1.82, 2.24) is 5.32 Å². The van der Waals surface area contributed by atoms with Crippen molar-refractivity contribution in [3.63, 3.8) is 0 Å². The van der Waals surface area contributed by atoms with E-state index in [9.17, 15) is 29.1 Å². The highest BCUT2D eigenvalue weighted by Crippen LogP contribution is 2.27. The fourth-order valence-corrected chi connectivity index (χ4v) is 3.05. The smallest absolute Gasteiger partial charge is 0.332 e. The normalized spacial score (nSPS) is 23.5. The standard InChI is InChI=1S/C21H26N2O9/c1-4-6-16(25)32-15-9-17(26)30-12(3)18(21(29)31-11(15)2)23-20(28)13-7-5-8-14(19(13)27)22-10-24/h5,7-8,10-12,15,18,27H,4,6,9H2,1-3H3,(H,22,24)(H,23,28)/t11-,12+,15+,18-/m0/s1. The Morgan fingerprint density at radius 1 is 1.22 bits per heavy atom. The number of carbonyl (C=O) groups is 5. The van der Waals surface area contributed by atoms with E-state index in [1.54, 1.807) is 6.92 Å². The van der Waals surface area contributed by atoms with E-state index < -0.39 is 53.9 Å². The number of cyclic esters (lactones) is 2. The van der Waals surface area contributed by atoms with Gasteiger partial charge in [0, 0.05) is 6.42 Å².